The first kappa shape index (κ1) is 13.9. The Balaban J connectivity index is 2.73. The number of esters is 1. The minimum Gasteiger partial charge on any atom is -0.464 e. The summed E-state index contributed by atoms with van der Waals surface area (Å²) in [6.45, 7) is 0. The van der Waals surface area contributed by atoms with Gasteiger partial charge in [-0.15, -0.1) is 0 Å². The second-order valence-corrected chi connectivity index (χ2v) is 3.31. The molecule has 0 bridgehead atoms. The molecule has 3 N–H and O–H groups in total. The number of rotatable bonds is 3. The minimum absolute atomic E-state index is 0.183. The number of benzene rings is 1. The first-order valence-electron chi connectivity index (χ1n) is 4.82. The summed E-state index contributed by atoms with van der Waals surface area (Å²) in [5.41, 5.74) is 4.75. The van der Waals surface area contributed by atoms with E-state index >= 15 is 0 Å². The summed E-state index contributed by atoms with van der Waals surface area (Å²) >= 11 is 0. The summed E-state index contributed by atoms with van der Waals surface area (Å²) < 4.78 is 41.2. The van der Waals surface area contributed by atoms with Crippen molar-refractivity contribution in [3.8, 4) is 0 Å². The molecule has 0 heterocycles. The predicted octanol–water partition coefficient (Wildman–Crippen LogP) is 2.09. The normalized spacial score (nSPS) is 12.1. The summed E-state index contributed by atoms with van der Waals surface area (Å²) in [6.07, 6.45) is -3.23. The van der Waals surface area contributed by atoms with E-state index in [0.29, 0.717) is 5.69 Å². The van der Waals surface area contributed by atoms with Crippen molar-refractivity contribution < 1.29 is 22.7 Å². The van der Waals surface area contributed by atoms with Crippen LogP contribution >= 0.6 is 0 Å². The van der Waals surface area contributed by atoms with Gasteiger partial charge < -0.3 is 15.8 Å². The molecular weight excluding hydrogens is 249 g/mol. The molecule has 0 spiro atoms. The standard InChI is InChI=1S/C11H11F3N2O2/c1-18-10(17)9(15)6-16-8-4-2-7(3-5-8)11(12,13)14/h2-6,16H,15H2,1H3/b9-6-. The van der Waals surface area contributed by atoms with Gasteiger partial charge in [-0.3, -0.25) is 0 Å². The van der Waals surface area contributed by atoms with Gasteiger partial charge in [-0.05, 0) is 24.3 Å². The second kappa shape index (κ2) is 5.44. The molecule has 0 aliphatic rings. The lowest BCUT2D eigenvalue weighted by Gasteiger charge is -2.07. The van der Waals surface area contributed by atoms with Crippen molar-refractivity contribution in [2.75, 3.05) is 12.4 Å². The SMILES string of the molecule is COC(=O)/C(N)=C/Nc1ccc(C(F)(F)F)cc1. The molecule has 0 saturated heterocycles. The third kappa shape index (κ3) is 3.69. The Morgan fingerprint density at radius 2 is 1.89 bits per heavy atom. The Bertz CT molecular complexity index is 452. The molecule has 18 heavy (non-hydrogen) atoms. The molecule has 98 valence electrons. The maximum absolute atomic E-state index is 12.3. The number of hydrogen-bond acceptors (Lipinski definition) is 4. The third-order valence-electron chi connectivity index (χ3n) is 2.03. The van der Waals surface area contributed by atoms with E-state index in [-0.39, 0.29) is 5.70 Å². The van der Waals surface area contributed by atoms with E-state index in [2.05, 4.69) is 10.1 Å². The zero-order chi connectivity index (χ0) is 13.8. The van der Waals surface area contributed by atoms with Gasteiger partial charge in [0, 0.05) is 11.9 Å². The van der Waals surface area contributed by atoms with Crippen LogP contribution in [0.4, 0.5) is 18.9 Å². The number of halogens is 3. The van der Waals surface area contributed by atoms with Crippen LogP contribution in [0.5, 0.6) is 0 Å². The smallest absolute Gasteiger partial charge is 0.416 e. The van der Waals surface area contributed by atoms with Crippen LogP contribution in [0.1, 0.15) is 5.56 Å². The van der Waals surface area contributed by atoms with Crippen LogP contribution in [0.25, 0.3) is 0 Å². The molecule has 0 aliphatic heterocycles. The molecule has 0 aliphatic carbocycles. The van der Waals surface area contributed by atoms with Crippen LogP contribution in [0.15, 0.2) is 36.2 Å². The molecule has 0 amide bonds. The van der Waals surface area contributed by atoms with Crippen molar-refractivity contribution in [3.05, 3.63) is 41.7 Å². The van der Waals surface area contributed by atoms with Gasteiger partial charge in [0.1, 0.15) is 5.70 Å². The highest BCUT2D eigenvalue weighted by molar-refractivity contribution is 5.87. The van der Waals surface area contributed by atoms with Crippen molar-refractivity contribution >= 4 is 11.7 Å². The maximum Gasteiger partial charge on any atom is 0.416 e. The van der Waals surface area contributed by atoms with Crippen LogP contribution in [0, 0.1) is 0 Å². The van der Waals surface area contributed by atoms with Crippen molar-refractivity contribution in [1.82, 2.24) is 0 Å². The number of methoxy groups -OCH3 is 1. The van der Waals surface area contributed by atoms with Crippen LogP contribution in [0.3, 0.4) is 0 Å². The van der Waals surface area contributed by atoms with E-state index in [4.69, 9.17) is 5.73 Å². The minimum atomic E-state index is -4.38. The number of carbonyl (C=O) groups is 1. The number of ether oxygens (including phenoxy) is 1. The number of carbonyl (C=O) groups excluding carboxylic acids is 1. The predicted molar refractivity (Wildman–Crippen MR) is 59.4 cm³/mol. The number of hydrogen-bond donors (Lipinski definition) is 2. The maximum atomic E-state index is 12.3. The van der Waals surface area contributed by atoms with Gasteiger partial charge >= 0.3 is 12.1 Å². The largest absolute Gasteiger partial charge is 0.464 e. The summed E-state index contributed by atoms with van der Waals surface area (Å²) in [5, 5.41) is 2.58. The molecule has 0 fully saturated rings. The number of alkyl halides is 3. The monoisotopic (exact) mass is 260 g/mol. The fourth-order valence-electron chi connectivity index (χ4n) is 1.09. The summed E-state index contributed by atoms with van der Waals surface area (Å²) in [7, 11) is 1.17. The Morgan fingerprint density at radius 1 is 1.33 bits per heavy atom. The molecule has 0 saturated carbocycles. The molecule has 1 aromatic carbocycles. The van der Waals surface area contributed by atoms with Crippen LogP contribution in [-0.2, 0) is 15.7 Å². The van der Waals surface area contributed by atoms with Gasteiger partial charge in [-0.1, -0.05) is 0 Å². The highest BCUT2D eigenvalue weighted by Gasteiger charge is 2.29. The topological polar surface area (TPSA) is 64.3 Å². The van der Waals surface area contributed by atoms with Gasteiger partial charge in [0.25, 0.3) is 0 Å². The Kier molecular flexibility index (Phi) is 4.19. The highest BCUT2D eigenvalue weighted by Crippen LogP contribution is 2.29. The fourth-order valence-corrected chi connectivity index (χ4v) is 1.09. The van der Waals surface area contributed by atoms with Gasteiger partial charge in [-0.2, -0.15) is 13.2 Å². The average molecular weight is 260 g/mol. The van der Waals surface area contributed by atoms with E-state index in [1.54, 1.807) is 0 Å². The summed E-state index contributed by atoms with van der Waals surface area (Å²) in [4.78, 5) is 10.9. The molecule has 1 aromatic rings. The van der Waals surface area contributed by atoms with Crippen molar-refractivity contribution in [1.29, 1.82) is 0 Å². The summed E-state index contributed by atoms with van der Waals surface area (Å²) in [5.74, 6) is -0.727. The summed E-state index contributed by atoms with van der Waals surface area (Å²) in [6, 6.07) is 4.29. The molecule has 4 nitrogen and oxygen atoms in total. The second-order valence-electron chi connectivity index (χ2n) is 3.31. The Labute approximate surface area is 101 Å². The van der Waals surface area contributed by atoms with E-state index in [1.165, 1.54) is 19.2 Å². The van der Waals surface area contributed by atoms with Crippen LogP contribution < -0.4 is 11.1 Å². The Hall–Kier alpha value is -2.18. The Morgan fingerprint density at radius 3 is 2.33 bits per heavy atom. The molecule has 0 radical (unpaired) electrons. The lowest BCUT2D eigenvalue weighted by atomic mass is 10.2. The van der Waals surface area contributed by atoms with Gasteiger partial charge in [-0.25, -0.2) is 4.79 Å². The molecule has 0 unspecified atom stereocenters. The number of nitrogens with two attached hydrogens (primary N) is 1. The first-order chi connectivity index (χ1) is 8.34. The third-order valence-corrected chi connectivity index (χ3v) is 2.03. The van der Waals surface area contributed by atoms with Crippen LogP contribution in [-0.4, -0.2) is 13.1 Å². The fraction of sp³-hybridized carbons (Fsp3) is 0.182. The van der Waals surface area contributed by atoms with Crippen molar-refractivity contribution in [3.63, 3.8) is 0 Å². The number of nitrogens with one attached hydrogen (secondary N) is 1. The van der Waals surface area contributed by atoms with E-state index in [0.717, 1.165) is 18.3 Å². The molecule has 1 rings (SSSR count). The van der Waals surface area contributed by atoms with Crippen molar-refractivity contribution in [2.45, 2.75) is 6.18 Å². The van der Waals surface area contributed by atoms with Gasteiger partial charge in [0.15, 0.2) is 0 Å². The number of anilines is 1. The highest BCUT2D eigenvalue weighted by atomic mass is 19.4. The van der Waals surface area contributed by atoms with E-state index in [1.807, 2.05) is 0 Å². The zero-order valence-corrected chi connectivity index (χ0v) is 9.41. The van der Waals surface area contributed by atoms with E-state index < -0.39 is 17.7 Å². The van der Waals surface area contributed by atoms with Gasteiger partial charge in [0.05, 0.1) is 12.7 Å². The lowest BCUT2D eigenvalue weighted by molar-refractivity contribution is -0.137. The van der Waals surface area contributed by atoms with E-state index in [9.17, 15) is 18.0 Å². The van der Waals surface area contributed by atoms with Gasteiger partial charge in [0.2, 0.25) is 0 Å². The molecule has 7 heteroatoms. The molecule has 0 aromatic heterocycles. The molecular formula is C11H11F3N2O2. The van der Waals surface area contributed by atoms with Crippen LogP contribution in [0.2, 0.25) is 0 Å². The lowest BCUT2D eigenvalue weighted by Crippen LogP contribution is -2.14. The zero-order valence-electron chi connectivity index (χ0n) is 9.41. The quantitative estimate of drug-likeness (QED) is 0.645. The first-order valence-corrected chi connectivity index (χ1v) is 4.82. The average Bonchev–Trinajstić information content (AvgIpc) is 2.34. The molecule has 0 atom stereocenters. The van der Waals surface area contributed by atoms with Crippen molar-refractivity contribution in [2.24, 2.45) is 5.73 Å².